The molecular formula is C19H19F3N4. The third-order valence-electron chi connectivity index (χ3n) is 3.83. The number of guanidine groups is 1. The van der Waals surface area contributed by atoms with Gasteiger partial charge >= 0.3 is 6.18 Å². The summed E-state index contributed by atoms with van der Waals surface area (Å²) in [5.74, 6) is 0.472. The predicted molar refractivity (Wildman–Crippen MR) is 94.4 cm³/mol. The Kier molecular flexibility index (Phi) is 6.23. The third-order valence-corrected chi connectivity index (χ3v) is 3.83. The molecule has 0 aliphatic rings. The van der Waals surface area contributed by atoms with Crippen LogP contribution in [0.3, 0.4) is 0 Å². The van der Waals surface area contributed by atoms with E-state index in [0.717, 1.165) is 17.7 Å². The van der Waals surface area contributed by atoms with Gasteiger partial charge in [-0.2, -0.15) is 18.4 Å². The number of nitrogens with one attached hydrogen (secondary N) is 2. The van der Waals surface area contributed by atoms with Crippen molar-refractivity contribution in [1.29, 1.82) is 5.26 Å². The molecule has 0 radical (unpaired) electrons. The average molecular weight is 360 g/mol. The second-order valence-corrected chi connectivity index (χ2v) is 5.72. The number of aliphatic imine (C=N–C) groups is 1. The summed E-state index contributed by atoms with van der Waals surface area (Å²) >= 11 is 0. The van der Waals surface area contributed by atoms with Crippen LogP contribution < -0.4 is 10.6 Å². The maximum Gasteiger partial charge on any atom is 0.416 e. The van der Waals surface area contributed by atoms with Crippen LogP contribution in [0.2, 0.25) is 0 Å². The Morgan fingerprint density at radius 1 is 1.19 bits per heavy atom. The minimum atomic E-state index is -4.37. The van der Waals surface area contributed by atoms with Crippen molar-refractivity contribution in [2.24, 2.45) is 4.99 Å². The van der Waals surface area contributed by atoms with Crippen LogP contribution in [-0.4, -0.2) is 13.0 Å². The molecule has 0 saturated carbocycles. The maximum atomic E-state index is 12.8. The van der Waals surface area contributed by atoms with Crippen LogP contribution in [0.15, 0.2) is 53.5 Å². The van der Waals surface area contributed by atoms with Crippen molar-refractivity contribution in [1.82, 2.24) is 10.6 Å². The van der Waals surface area contributed by atoms with E-state index >= 15 is 0 Å². The molecule has 4 nitrogen and oxygen atoms in total. The number of hydrogen-bond donors (Lipinski definition) is 2. The van der Waals surface area contributed by atoms with Gasteiger partial charge in [-0.3, -0.25) is 4.99 Å². The van der Waals surface area contributed by atoms with Gasteiger partial charge in [-0.05, 0) is 42.3 Å². The first-order valence-corrected chi connectivity index (χ1v) is 7.97. The molecular weight excluding hydrogens is 341 g/mol. The van der Waals surface area contributed by atoms with E-state index in [-0.39, 0.29) is 6.04 Å². The lowest BCUT2D eigenvalue weighted by Gasteiger charge is -2.19. The van der Waals surface area contributed by atoms with Crippen LogP contribution in [-0.2, 0) is 12.7 Å². The highest BCUT2D eigenvalue weighted by Crippen LogP contribution is 2.30. The van der Waals surface area contributed by atoms with Gasteiger partial charge in [0.05, 0.1) is 23.2 Å². The fraction of sp³-hybridized carbons (Fsp3) is 0.263. The highest BCUT2D eigenvalue weighted by molar-refractivity contribution is 5.80. The first kappa shape index (κ1) is 19.3. The van der Waals surface area contributed by atoms with Crippen LogP contribution in [0.5, 0.6) is 0 Å². The Balaban J connectivity index is 2.00. The van der Waals surface area contributed by atoms with Gasteiger partial charge in [0.1, 0.15) is 0 Å². The average Bonchev–Trinajstić information content (AvgIpc) is 2.64. The molecule has 0 fully saturated rings. The molecule has 0 heterocycles. The first-order chi connectivity index (χ1) is 12.3. The van der Waals surface area contributed by atoms with Gasteiger partial charge in [-0.15, -0.1) is 0 Å². The SMILES string of the molecule is CN=C(NCc1ccc(C#N)cc1)NC(C)c1cccc(C(F)(F)F)c1. The van der Waals surface area contributed by atoms with E-state index in [2.05, 4.69) is 21.7 Å². The minimum absolute atomic E-state index is 0.357. The molecule has 7 heteroatoms. The Morgan fingerprint density at radius 3 is 2.46 bits per heavy atom. The van der Waals surface area contributed by atoms with Gasteiger partial charge in [0, 0.05) is 13.6 Å². The van der Waals surface area contributed by atoms with E-state index in [9.17, 15) is 13.2 Å². The fourth-order valence-electron chi connectivity index (χ4n) is 2.35. The maximum absolute atomic E-state index is 12.8. The topological polar surface area (TPSA) is 60.2 Å². The largest absolute Gasteiger partial charge is 0.416 e. The molecule has 1 unspecified atom stereocenters. The number of rotatable bonds is 4. The van der Waals surface area contributed by atoms with Crippen molar-refractivity contribution < 1.29 is 13.2 Å². The molecule has 0 aliphatic carbocycles. The summed E-state index contributed by atoms with van der Waals surface area (Å²) in [7, 11) is 1.59. The zero-order chi connectivity index (χ0) is 19.2. The van der Waals surface area contributed by atoms with E-state index in [1.807, 2.05) is 12.1 Å². The van der Waals surface area contributed by atoms with Crippen molar-refractivity contribution >= 4 is 5.96 Å². The van der Waals surface area contributed by atoms with Gasteiger partial charge < -0.3 is 10.6 Å². The molecule has 0 spiro atoms. The Bertz CT molecular complexity index is 805. The lowest BCUT2D eigenvalue weighted by Crippen LogP contribution is -2.38. The molecule has 0 bridgehead atoms. The van der Waals surface area contributed by atoms with E-state index < -0.39 is 11.7 Å². The van der Waals surface area contributed by atoms with Crippen molar-refractivity contribution in [3.63, 3.8) is 0 Å². The van der Waals surface area contributed by atoms with Gasteiger partial charge in [-0.1, -0.05) is 24.3 Å². The summed E-state index contributed by atoms with van der Waals surface area (Å²) in [4.78, 5) is 4.09. The Labute approximate surface area is 150 Å². The first-order valence-electron chi connectivity index (χ1n) is 7.97. The van der Waals surface area contributed by atoms with E-state index in [0.29, 0.717) is 23.6 Å². The smallest absolute Gasteiger partial charge is 0.352 e. The summed E-state index contributed by atoms with van der Waals surface area (Å²) in [6.45, 7) is 2.24. The number of alkyl halides is 3. The number of halogens is 3. The lowest BCUT2D eigenvalue weighted by atomic mass is 10.1. The summed E-state index contributed by atoms with van der Waals surface area (Å²) in [5.41, 5.74) is 1.37. The molecule has 0 saturated heterocycles. The molecule has 0 amide bonds. The Hall–Kier alpha value is -3.01. The second kappa shape index (κ2) is 8.39. The van der Waals surface area contributed by atoms with Crippen LogP contribution in [0.1, 0.15) is 35.2 Å². The van der Waals surface area contributed by atoms with E-state index in [1.54, 1.807) is 32.2 Å². The summed E-state index contributed by atoms with van der Waals surface area (Å²) in [5, 5.41) is 15.0. The summed E-state index contributed by atoms with van der Waals surface area (Å²) < 4.78 is 38.5. The monoisotopic (exact) mass is 360 g/mol. The number of hydrogen-bond acceptors (Lipinski definition) is 2. The van der Waals surface area contributed by atoms with Crippen LogP contribution in [0, 0.1) is 11.3 Å². The highest BCUT2D eigenvalue weighted by Gasteiger charge is 2.30. The predicted octanol–water partition coefficient (Wildman–Crippen LogP) is 4.00. The molecule has 0 aliphatic heterocycles. The van der Waals surface area contributed by atoms with Gasteiger partial charge in [0.15, 0.2) is 5.96 Å². The van der Waals surface area contributed by atoms with Crippen molar-refractivity contribution in [2.45, 2.75) is 25.7 Å². The molecule has 2 aromatic rings. The molecule has 136 valence electrons. The van der Waals surface area contributed by atoms with Gasteiger partial charge in [0.2, 0.25) is 0 Å². The normalized spacial score (nSPS) is 13.0. The standard InChI is InChI=1S/C19H19F3N4/c1-13(16-4-3-5-17(10-16)19(20,21)22)26-18(24-2)25-12-15-8-6-14(11-23)7-9-15/h3-10,13H,12H2,1-2H3,(H2,24,25,26). The van der Waals surface area contributed by atoms with Crippen molar-refractivity contribution in [3.05, 3.63) is 70.8 Å². The second-order valence-electron chi connectivity index (χ2n) is 5.72. The molecule has 2 rings (SSSR count). The molecule has 2 aromatic carbocycles. The minimum Gasteiger partial charge on any atom is -0.352 e. The van der Waals surface area contributed by atoms with Crippen molar-refractivity contribution in [2.75, 3.05) is 7.05 Å². The zero-order valence-electron chi connectivity index (χ0n) is 14.4. The van der Waals surface area contributed by atoms with Crippen molar-refractivity contribution in [3.8, 4) is 6.07 Å². The summed E-state index contributed by atoms with van der Waals surface area (Å²) in [6, 6.07) is 14.0. The van der Waals surface area contributed by atoms with Crippen LogP contribution >= 0.6 is 0 Å². The van der Waals surface area contributed by atoms with Gasteiger partial charge in [-0.25, -0.2) is 0 Å². The lowest BCUT2D eigenvalue weighted by molar-refractivity contribution is -0.137. The van der Waals surface area contributed by atoms with Crippen LogP contribution in [0.25, 0.3) is 0 Å². The number of benzene rings is 2. The molecule has 2 N–H and O–H groups in total. The van der Waals surface area contributed by atoms with Gasteiger partial charge in [0.25, 0.3) is 0 Å². The fourth-order valence-corrected chi connectivity index (χ4v) is 2.35. The molecule has 26 heavy (non-hydrogen) atoms. The third kappa shape index (κ3) is 5.24. The quantitative estimate of drug-likeness (QED) is 0.640. The van der Waals surface area contributed by atoms with E-state index in [1.165, 1.54) is 6.07 Å². The molecule has 0 aromatic heterocycles. The van der Waals surface area contributed by atoms with E-state index in [4.69, 9.17) is 5.26 Å². The number of nitriles is 1. The highest BCUT2D eigenvalue weighted by atomic mass is 19.4. The van der Waals surface area contributed by atoms with Crippen LogP contribution in [0.4, 0.5) is 13.2 Å². The zero-order valence-corrected chi connectivity index (χ0v) is 14.4. The summed E-state index contributed by atoms with van der Waals surface area (Å²) in [6.07, 6.45) is -4.37. The Morgan fingerprint density at radius 2 is 1.88 bits per heavy atom. The molecule has 1 atom stereocenters. The number of nitrogens with zero attached hydrogens (tertiary/aromatic N) is 2.